The van der Waals surface area contributed by atoms with Gasteiger partial charge in [-0.15, -0.1) is 0 Å². The molecule has 2 atom stereocenters. The van der Waals surface area contributed by atoms with E-state index < -0.39 is 12.1 Å². The van der Waals surface area contributed by atoms with Crippen LogP contribution in [0, 0.1) is 17.8 Å². The predicted octanol–water partition coefficient (Wildman–Crippen LogP) is 2.71. The molecule has 3 heterocycles. The highest BCUT2D eigenvalue weighted by Crippen LogP contribution is 2.32. The molecule has 3 fully saturated rings. The normalized spacial score (nSPS) is 26.7. The second-order valence-corrected chi connectivity index (χ2v) is 6.83. The molecule has 2 aromatic rings. The van der Waals surface area contributed by atoms with Crippen LogP contribution in [0.25, 0.3) is 0 Å². The molecule has 2 bridgehead atoms. The minimum Gasteiger partial charge on any atom is -0.423 e. The van der Waals surface area contributed by atoms with E-state index >= 15 is 0 Å². The average molecular weight is 347 g/mol. The molecule has 0 amide bonds. The van der Waals surface area contributed by atoms with E-state index in [0.717, 1.165) is 25.9 Å². The summed E-state index contributed by atoms with van der Waals surface area (Å²) in [5.41, 5.74) is 1.07. The highest BCUT2D eigenvalue weighted by Gasteiger charge is 2.40. The molecule has 3 aliphatic rings. The van der Waals surface area contributed by atoms with E-state index in [-0.39, 0.29) is 6.04 Å². The smallest absolute Gasteiger partial charge is 0.344 e. The summed E-state index contributed by atoms with van der Waals surface area (Å²) in [6.45, 7) is 1.97. The fourth-order valence-electron chi connectivity index (χ4n) is 3.76. The third-order valence-corrected chi connectivity index (χ3v) is 5.23. The molecular weight excluding hydrogens is 326 g/mol. The first-order valence-corrected chi connectivity index (χ1v) is 9.02. The molecule has 132 valence electrons. The molecule has 2 aromatic carbocycles. The van der Waals surface area contributed by atoms with Crippen LogP contribution in [0.3, 0.4) is 0 Å². The number of para-hydroxylation sites is 1. The lowest BCUT2D eigenvalue weighted by Gasteiger charge is -2.46. The standard InChI is InChI=1S/C22H21NO3/c24-21-17-12-14-23(15-13-17)20(21)11-10-16-6-4-5-9-19(16)22(25)26-18-7-2-1-3-8-18/h1-9,17,20-21,24H,12-15H2. The number of piperidine rings is 3. The van der Waals surface area contributed by atoms with Crippen molar-refractivity contribution in [2.24, 2.45) is 5.92 Å². The van der Waals surface area contributed by atoms with Gasteiger partial charge >= 0.3 is 5.97 Å². The van der Waals surface area contributed by atoms with Gasteiger partial charge in [-0.3, -0.25) is 4.90 Å². The molecule has 4 heteroatoms. The molecule has 0 saturated carbocycles. The molecule has 3 saturated heterocycles. The van der Waals surface area contributed by atoms with Gasteiger partial charge in [0.25, 0.3) is 0 Å². The maximum absolute atomic E-state index is 12.5. The van der Waals surface area contributed by atoms with E-state index in [0.29, 0.717) is 22.8 Å². The second-order valence-electron chi connectivity index (χ2n) is 6.83. The van der Waals surface area contributed by atoms with Crippen LogP contribution in [0.15, 0.2) is 54.6 Å². The molecule has 4 nitrogen and oxygen atoms in total. The SMILES string of the molecule is O=C(Oc1ccccc1)c1ccccc1C#CC1C(O)C2CCN1CC2. The molecule has 0 radical (unpaired) electrons. The monoisotopic (exact) mass is 347 g/mol. The Morgan fingerprint density at radius 1 is 1.04 bits per heavy atom. The van der Waals surface area contributed by atoms with E-state index in [1.54, 1.807) is 24.3 Å². The number of fused-ring (bicyclic) bond motifs is 3. The number of nitrogens with zero attached hydrogens (tertiary/aromatic N) is 1. The summed E-state index contributed by atoms with van der Waals surface area (Å²) < 4.78 is 5.44. The second kappa shape index (κ2) is 7.33. The number of carbonyl (C=O) groups excluding carboxylic acids is 1. The number of rotatable bonds is 2. The maximum Gasteiger partial charge on any atom is 0.344 e. The van der Waals surface area contributed by atoms with Gasteiger partial charge in [0.05, 0.1) is 17.7 Å². The Hall–Kier alpha value is -2.61. The van der Waals surface area contributed by atoms with Gasteiger partial charge in [-0.25, -0.2) is 4.79 Å². The minimum atomic E-state index is -0.424. The van der Waals surface area contributed by atoms with E-state index in [1.807, 2.05) is 30.3 Å². The van der Waals surface area contributed by atoms with Crippen LogP contribution in [0.1, 0.15) is 28.8 Å². The molecule has 26 heavy (non-hydrogen) atoms. The molecule has 2 unspecified atom stereocenters. The van der Waals surface area contributed by atoms with Crippen molar-refractivity contribution in [3.63, 3.8) is 0 Å². The van der Waals surface area contributed by atoms with Gasteiger partial charge in [-0.05, 0) is 56.1 Å². The Balaban J connectivity index is 1.56. The zero-order chi connectivity index (χ0) is 17.9. The molecule has 5 rings (SSSR count). The van der Waals surface area contributed by atoms with Gasteiger partial charge in [-0.2, -0.15) is 0 Å². The Morgan fingerprint density at radius 3 is 2.46 bits per heavy atom. The largest absolute Gasteiger partial charge is 0.423 e. The van der Waals surface area contributed by atoms with Gasteiger partial charge in [0.1, 0.15) is 5.75 Å². The van der Waals surface area contributed by atoms with Gasteiger partial charge in [0.2, 0.25) is 0 Å². The fourth-order valence-corrected chi connectivity index (χ4v) is 3.76. The first-order valence-electron chi connectivity index (χ1n) is 9.02. The van der Waals surface area contributed by atoms with Crippen molar-refractivity contribution in [3.05, 3.63) is 65.7 Å². The number of hydrogen-bond donors (Lipinski definition) is 1. The lowest BCUT2D eigenvalue weighted by Crippen LogP contribution is -2.57. The van der Waals surface area contributed by atoms with Crippen molar-refractivity contribution in [2.45, 2.75) is 25.0 Å². The number of aliphatic hydroxyl groups excluding tert-OH is 1. The molecule has 1 N–H and O–H groups in total. The molecular formula is C22H21NO3. The summed E-state index contributed by atoms with van der Waals surface area (Å²) in [4.78, 5) is 14.8. The summed E-state index contributed by atoms with van der Waals surface area (Å²) >= 11 is 0. The summed E-state index contributed by atoms with van der Waals surface area (Å²) in [6.07, 6.45) is 1.67. The number of aliphatic hydroxyl groups is 1. The van der Waals surface area contributed by atoms with Crippen LogP contribution in [0.4, 0.5) is 0 Å². The van der Waals surface area contributed by atoms with Gasteiger partial charge in [0.15, 0.2) is 0 Å². The number of benzene rings is 2. The van der Waals surface area contributed by atoms with Crippen LogP contribution in [0.2, 0.25) is 0 Å². The summed E-state index contributed by atoms with van der Waals surface area (Å²) in [5.74, 6) is 6.74. The van der Waals surface area contributed by atoms with Crippen LogP contribution in [0.5, 0.6) is 5.75 Å². The molecule has 0 aliphatic carbocycles. The van der Waals surface area contributed by atoms with Gasteiger partial charge < -0.3 is 9.84 Å². The van der Waals surface area contributed by atoms with Crippen LogP contribution < -0.4 is 4.74 Å². The lowest BCUT2D eigenvalue weighted by atomic mass is 9.81. The first kappa shape index (κ1) is 16.8. The zero-order valence-corrected chi connectivity index (χ0v) is 14.5. The van der Waals surface area contributed by atoms with E-state index in [9.17, 15) is 9.90 Å². The minimum absolute atomic E-state index is 0.152. The Bertz CT molecular complexity index is 842. The van der Waals surface area contributed by atoms with Gasteiger partial charge in [0, 0.05) is 5.56 Å². The predicted molar refractivity (Wildman–Crippen MR) is 98.8 cm³/mol. The number of ether oxygens (including phenoxy) is 1. The Labute approximate surface area is 153 Å². The zero-order valence-electron chi connectivity index (χ0n) is 14.5. The third kappa shape index (κ3) is 3.37. The molecule has 0 aromatic heterocycles. The number of carbonyl (C=O) groups is 1. The highest BCUT2D eigenvalue weighted by molar-refractivity contribution is 5.93. The summed E-state index contributed by atoms with van der Waals surface area (Å²) in [7, 11) is 0. The quantitative estimate of drug-likeness (QED) is 0.516. The molecule has 0 spiro atoms. The van der Waals surface area contributed by atoms with Crippen molar-refractivity contribution in [2.75, 3.05) is 13.1 Å². The Morgan fingerprint density at radius 2 is 1.73 bits per heavy atom. The van der Waals surface area contributed by atoms with Crippen molar-refractivity contribution < 1.29 is 14.6 Å². The van der Waals surface area contributed by atoms with Crippen molar-refractivity contribution in [1.82, 2.24) is 4.90 Å². The Kier molecular flexibility index (Phi) is 4.75. The number of esters is 1. The molecule has 3 aliphatic heterocycles. The summed E-state index contributed by atoms with van der Waals surface area (Å²) in [5, 5.41) is 10.5. The lowest BCUT2D eigenvalue weighted by molar-refractivity contribution is -0.0500. The van der Waals surface area contributed by atoms with Crippen LogP contribution >= 0.6 is 0 Å². The maximum atomic E-state index is 12.5. The number of hydrogen-bond acceptors (Lipinski definition) is 4. The van der Waals surface area contributed by atoms with Crippen molar-refractivity contribution in [1.29, 1.82) is 0 Å². The van der Waals surface area contributed by atoms with Crippen LogP contribution in [-0.4, -0.2) is 41.2 Å². The van der Waals surface area contributed by atoms with Crippen LogP contribution in [-0.2, 0) is 0 Å². The van der Waals surface area contributed by atoms with Crippen molar-refractivity contribution in [3.8, 4) is 17.6 Å². The van der Waals surface area contributed by atoms with E-state index in [4.69, 9.17) is 4.74 Å². The average Bonchev–Trinajstić information content (AvgIpc) is 2.69. The van der Waals surface area contributed by atoms with E-state index in [2.05, 4.69) is 16.7 Å². The topological polar surface area (TPSA) is 49.8 Å². The highest BCUT2D eigenvalue weighted by atomic mass is 16.5. The van der Waals surface area contributed by atoms with Gasteiger partial charge in [-0.1, -0.05) is 42.2 Å². The first-order chi connectivity index (χ1) is 12.7. The third-order valence-electron chi connectivity index (χ3n) is 5.23. The fraction of sp³-hybridized carbons (Fsp3) is 0.318. The summed E-state index contributed by atoms with van der Waals surface area (Å²) in [6, 6.07) is 16.0. The van der Waals surface area contributed by atoms with Crippen molar-refractivity contribution >= 4 is 5.97 Å². The van der Waals surface area contributed by atoms with E-state index in [1.165, 1.54) is 0 Å².